The van der Waals surface area contributed by atoms with Crippen molar-refractivity contribution in [3.8, 4) is 5.75 Å². The Morgan fingerprint density at radius 1 is 1.14 bits per heavy atom. The minimum atomic E-state index is -0.372. The molecular formula is C16H14ClNO3. The third-order valence-electron chi connectivity index (χ3n) is 2.84. The van der Waals surface area contributed by atoms with Gasteiger partial charge in [0.15, 0.2) is 5.78 Å². The molecule has 0 aromatic heterocycles. The van der Waals surface area contributed by atoms with Crippen LogP contribution >= 0.6 is 11.6 Å². The topological polar surface area (TPSA) is 55.4 Å². The van der Waals surface area contributed by atoms with Crippen molar-refractivity contribution in [3.63, 3.8) is 0 Å². The molecule has 21 heavy (non-hydrogen) atoms. The number of halogens is 1. The van der Waals surface area contributed by atoms with Gasteiger partial charge in [-0.1, -0.05) is 17.7 Å². The highest BCUT2D eigenvalue weighted by atomic mass is 35.5. The first-order valence-electron chi connectivity index (χ1n) is 6.31. The van der Waals surface area contributed by atoms with Crippen molar-refractivity contribution in [2.75, 3.05) is 12.4 Å². The second-order valence-electron chi connectivity index (χ2n) is 4.39. The molecule has 1 amide bonds. The average Bonchev–Trinajstić information content (AvgIpc) is 2.47. The van der Waals surface area contributed by atoms with Crippen LogP contribution in [0.15, 0.2) is 48.5 Å². The van der Waals surface area contributed by atoms with Gasteiger partial charge in [-0.3, -0.25) is 9.59 Å². The zero-order chi connectivity index (χ0) is 15.2. The Hall–Kier alpha value is -2.33. The summed E-state index contributed by atoms with van der Waals surface area (Å²) in [7, 11) is 1.55. The van der Waals surface area contributed by atoms with E-state index in [0.717, 1.165) is 0 Å². The normalized spacial score (nSPS) is 10.0. The number of amides is 1. The van der Waals surface area contributed by atoms with Crippen molar-refractivity contribution < 1.29 is 14.3 Å². The Morgan fingerprint density at radius 3 is 2.52 bits per heavy atom. The summed E-state index contributed by atoms with van der Waals surface area (Å²) in [4.78, 5) is 23.8. The molecule has 0 aliphatic heterocycles. The van der Waals surface area contributed by atoms with Gasteiger partial charge in [-0.15, -0.1) is 0 Å². The van der Waals surface area contributed by atoms with E-state index in [4.69, 9.17) is 16.3 Å². The molecule has 0 atom stereocenters. The summed E-state index contributed by atoms with van der Waals surface area (Å²) in [5.41, 5.74) is 1.04. The summed E-state index contributed by atoms with van der Waals surface area (Å²) >= 11 is 5.76. The third-order valence-corrected chi connectivity index (χ3v) is 3.09. The lowest BCUT2D eigenvalue weighted by Gasteiger charge is -2.06. The monoisotopic (exact) mass is 303 g/mol. The molecule has 4 nitrogen and oxygen atoms in total. The van der Waals surface area contributed by atoms with Crippen molar-refractivity contribution in [3.05, 3.63) is 59.1 Å². The summed E-state index contributed by atoms with van der Waals surface area (Å²) in [6.07, 6.45) is -0.223. The standard InChI is InChI=1S/C16H14ClNO3/c1-21-14-4-2-3-13(9-14)18-16(20)10-15(19)11-5-7-12(17)8-6-11/h2-9H,10H2,1H3,(H,18,20). The number of hydrogen-bond acceptors (Lipinski definition) is 3. The maximum atomic E-state index is 12.0. The minimum absolute atomic E-state index is 0.223. The van der Waals surface area contributed by atoms with Crippen molar-refractivity contribution in [1.29, 1.82) is 0 Å². The molecule has 0 spiro atoms. The number of carbonyl (C=O) groups excluding carboxylic acids is 2. The molecule has 108 valence electrons. The van der Waals surface area contributed by atoms with Crippen LogP contribution in [0.3, 0.4) is 0 Å². The molecule has 1 N–H and O–H groups in total. The second kappa shape index (κ2) is 6.90. The van der Waals surface area contributed by atoms with E-state index in [-0.39, 0.29) is 18.1 Å². The second-order valence-corrected chi connectivity index (χ2v) is 4.82. The molecule has 2 aromatic rings. The number of carbonyl (C=O) groups is 2. The molecule has 5 heteroatoms. The van der Waals surface area contributed by atoms with Crippen LogP contribution in [0.2, 0.25) is 5.02 Å². The maximum absolute atomic E-state index is 12.0. The van der Waals surface area contributed by atoms with Gasteiger partial charge in [0, 0.05) is 22.3 Å². The highest BCUT2D eigenvalue weighted by Gasteiger charge is 2.12. The van der Waals surface area contributed by atoms with Gasteiger partial charge in [-0.25, -0.2) is 0 Å². The Bertz CT molecular complexity index is 653. The number of nitrogens with one attached hydrogen (secondary N) is 1. The molecule has 0 heterocycles. The predicted octanol–water partition coefficient (Wildman–Crippen LogP) is 3.56. The summed E-state index contributed by atoms with van der Waals surface area (Å²) in [6.45, 7) is 0. The Balaban J connectivity index is 1.97. The van der Waals surface area contributed by atoms with E-state index in [1.54, 1.807) is 55.6 Å². The van der Waals surface area contributed by atoms with Gasteiger partial charge in [-0.05, 0) is 36.4 Å². The summed E-state index contributed by atoms with van der Waals surface area (Å²) in [6, 6.07) is 13.4. The van der Waals surface area contributed by atoms with Gasteiger partial charge in [-0.2, -0.15) is 0 Å². The largest absolute Gasteiger partial charge is 0.497 e. The first-order chi connectivity index (χ1) is 10.1. The molecule has 0 radical (unpaired) electrons. The number of Topliss-reactive ketones (excluding diaryl/α,β-unsaturated/α-hetero) is 1. The van der Waals surface area contributed by atoms with Gasteiger partial charge in [0.2, 0.25) is 5.91 Å². The van der Waals surface area contributed by atoms with E-state index in [0.29, 0.717) is 22.0 Å². The van der Waals surface area contributed by atoms with Crippen molar-refractivity contribution >= 4 is 29.0 Å². The smallest absolute Gasteiger partial charge is 0.232 e. The zero-order valence-corrected chi connectivity index (χ0v) is 12.2. The first kappa shape index (κ1) is 15.1. The minimum Gasteiger partial charge on any atom is -0.497 e. The van der Waals surface area contributed by atoms with E-state index in [1.807, 2.05) is 0 Å². The highest BCUT2D eigenvalue weighted by molar-refractivity contribution is 6.30. The van der Waals surface area contributed by atoms with E-state index in [2.05, 4.69) is 5.32 Å². The number of ether oxygens (including phenoxy) is 1. The van der Waals surface area contributed by atoms with Crippen LogP contribution in [0.5, 0.6) is 5.75 Å². The fourth-order valence-corrected chi connectivity index (χ4v) is 1.92. The van der Waals surface area contributed by atoms with Gasteiger partial charge in [0.25, 0.3) is 0 Å². The molecule has 0 saturated carbocycles. The Kier molecular flexibility index (Phi) is 4.95. The van der Waals surface area contributed by atoms with Gasteiger partial charge in [0.05, 0.1) is 13.5 Å². The van der Waals surface area contributed by atoms with Crippen LogP contribution in [-0.4, -0.2) is 18.8 Å². The maximum Gasteiger partial charge on any atom is 0.232 e. The molecule has 2 rings (SSSR count). The molecule has 0 fully saturated rings. The van der Waals surface area contributed by atoms with Crippen molar-refractivity contribution in [1.82, 2.24) is 0 Å². The van der Waals surface area contributed by atoms with Gasteiger partial charge in [0.1, 0.15) is 5.75 Å². The lowest BCUT2D eigenvalue weighted by molar-refractivity contribution is -0.115. The molecule has 0 aliphatic rings. The van der Waals surface area contributed by atoms with Crippen LogP contribution in [0.4, 0.5) is 5.69 Å². The number of hydrogen-bond donors (Lipinski definition) is 1. The highest BCUT2D eigenvalue weighted by Crippen LogP contribution is 2.17. The van der Waals surface area contributed by atoms with Crippen molar-refractivity contribution in [2.45, 2.75) is 6.42 Å². The van der Waals surface area contributed by atoms with Gasteiger partial charge >= 0.3 is 0 Å². The van der Waals surface area contributed by atoms with Crippen LogP contribution < -0.4 is 10.1 Å². The summed E-state index contributed by atoms with van der Waals surface area (Å²) in [5.74, 6) is 0.00657. The molecule has 0 unspecified atom stereocenters. The van der Waals surface area contributed by atoms with E-state index in [9.17, 15) is 9.59 Å². The van der Waals surface area contributed by atoms with Gasteiger partial charge < -0.3 is 10.1 Å². The summed E-state index contributed by atoms with van der Waals surface area (Å²) in [5, 5.41) is 3.21. The van der Waals surface area contributed by atoms with E-state index in [1.165, 1.54) is 0 Å². The van der Waals surface area contributed by atoms with Crippen LogP contribution in [0.1, 0.15) is 16.8 Å². The molecular weight excluding hydrogens is 290 g/mol. The van der Waals surface area contributed by atoms with E-state index >= 15 is 0 Å². The van der Waals surface area contributed by atoms with E-state index < -0.39 is 0 Å². The van der Waals surface area contributed by atoms with Crippen molar-refractivity contribution in [2.24, 2.45) is 0 Å². The summed E-state index contributed by atoms with van der Waals surface area (Å²) < 4.78 is 5.07. The number of methoxy groups -OCH3 is 1. The SMILES string of the molecule is COc1cccc(NC(=O)CC(=O)c2ccc(Cl)cc2)c1. The molecule has 0 aliphatic carbocycles. The lowest BCUT2D eigenvalue weighted by atomic mass is 10.1. The third kappa shape index (κ3) is 4.33. The average molecular weight is 304 g/mol. The zero-order valence-electron chi connectivity index (χ0n) is 11.4. The Labute approximate surface area is 127 Å². The molecule has 2 aromatic carbocycles. The quantitative estimate of drug-likeness (QED) is 0.679. The molecule has 0 saturated heterocycles. The fourth-order valence-electron chi connectivity index (χ4n) is 1.79. The lowest BCUT2D eigenvalue weighted by Crippen LogP contribution is -2.16. The predicted molar refractivity (Wildman–Crippen MR) is 82.0 cm³/mol. The number of rotatable bonds is 5. The van der Waals surface area contributed by atoms with Crippen LogP contribution in [-0.2, 0) is 4.79 Å². The Morgan fingerprint density at radius 2 is 1.86 bits per heavy atom. The number of benzene rings is 2. The number of anilines is 1. The van der Waals surface area contributed by atoms with Crippen LogP contribution in [0, 0.1) is 0 Å². The molecule has 0 bridgehead atoms. The number of ketones is 1. The first-order valence-corrected chi connectivity index (χ1v) is 6.69. The fraction of sp³-hybridized carbons (Fsp3) is 0.125. The van der Waals surface area contributed by atoms with Crippen LogP contribution in [0.25, 0.3) is 0 Å².